The lowest BCUT2D eigenvalue weighted by atomic mass is 10.2. The largest absolute Gasteiger partial charge is 0.460 e. The van der Waals surface area contributed by atoms with Gasteiger partial charge in [-0.05, 0) is 24.3 Å². The molecule has 0 heterocycles. The van der Waals surface area contributed by atoms with Crippen molar-refractivity contribution in [1.82, 2.24) is 0 Å². The van der Waals surface area contributed by atoms with Crippen LogP contribution in [-0.4, -0.2) is 18.5 Å². The first-order valence-corrected chi connectivity index (χ1v) is 7.30. The van der Waals surface area contributed by atoms with Crippen LogP contribution in [0.1, 0.15) is 12.8 Å². The van der Waals surface area contributed by atoms with Crippen molar-refractivity contribution in [3.63, 3.8) is 0 Å². The smallest absolute Gasteiger partial charge is 0.306 e. The number of halogens is 4. The van der Waals surface area contributed by atoms with Crippen molar-refractivity contribution in [1.29, 1.82) is 0 Å². The van der Waals surface area contributed by atoms with E-state index in [0.29, 0.717) is 10.7 Å². The Morgan fingerprint density at radius 1 is 1.05 bits per heavy atom. The van der Waals surface area contributed by atoms with Crippen molar-refractivity contribution in [3.05, 3.63) is 38.8 Å². The van der Waals surface area contributed by atoms with E-state index in [0.717, 1.165) is 0 Å². The first-order valence-electron chi connectivity index (χ1n) is 5.79. The molecule has 0 aliphatic heterocycles. The topological polar surface area (TPSA) is 55.4 Å². The van der Waals surface area contributed by atoms with Crippen LogP contribution in [0.3, 0.4) is 0 Å². The third kappa shape index (κ3) is 7.58. The van der Waals surface area contributed by atoms with E-state index >= 15 is 0 Å². The maximum atomic E-state index is 11.6. The lowest BCUT2D eigenvalue weighted by Gasteiger charge is -2.06. The molecule has 4 nitrogen and oxygen atoms in total. The summed E-state index contributed by atoms with van der Waals surface area (Å²) >= 11 is 22.1. The summed E-state index contributed by atoms with van der Waals surface area (Å²) in [6, 6.07) is 6.61. The van der Waals surface area contributed by atoms with Crippen LogP contribution in [-0.2, 0) is 14.3 Å². The van der Waals surface area contributed by atoms with Gasteiger partial charge in [-0.2, -0.15) is 0 Å². The third-order valence-electron chi connectivity index (χ3n) is 2.25. The quantitative estimate of drug-likeness (QED) is 0.750. The summed E-state index contributed by atoms with van der Waals surface area (Å²) in [6.45, 7) is -0.221. The SMILES string of the molecule is O=C(CCC(=O)OCC(Cl)=C(Cl)Cl)Nc1ccc(Cl)cc1. The van der Waals surface area contributed by atoms with Crippen LogP contribution >= 0.6 is 46.4 Å². The summed E-state index contributed by atoms with van der Waals surface area (Å²) in [6.07, 6.45) is -0.0963. The lowest BCUT2D eigenvalue weighted by molar-refractivity contribution is -0.143. The van der Waals surface area contributed by atoms with E-state index in [-0.39, 0.29) is 34.9 Å². The Labute approximate surface area is 141 Å². The fourth-order valence-corrected chi connectivity index (χ4v) is 1.53. The monoisotopic (exact) mass is 369 g/mol. The summed E-state index contributed by atoms with van der Waals surface area (Å²) in [5, 5.41) is 3.22. The molecule has 0 atom stereocenters. The van der Waals surface area contributed by atoms with Crippen LogP contribution in [0, 0.1) is 0 Å². The highest BCUT2D eigenvalue weighted by atomic mass is 35.5. The van der Waals surface area contributed by atoms with Gasteiger partial charge in [0.1, 0.15) is 11.1 Å². The number of hydrogen-bond acceptors (Lipinski definition) is 3. The summed E-state index contributed by atoms with van der Waals surface area (Å²) in [5.74, 6) is -0.889. The second kappa shape index (κ2) is 9.15. The standard InChI is InChI=1S/C13H11Cl4NO3/c14-8-1-3-9(4-2-8)18-11(19)5-6-12(20)21-7-10(15)13(16)17/h1-4H,5-7H2,(H,18,19). The van der Waals surface area contributed by atoms with E-state index in [1.54, 1.807) is 24.3 Å². The van der Waals surface area contributed by atoms with Gasteiger partial charge in [0.25, 0.3) is 0 Å². The summed E-state index contributed by atoms with van der Waals surface area (Å²) in [7, 11) is 0. The molecular weight excluding hydrogens is 360 g/mol. The molecule has 0 aliphatic carbocycles. The second-order valence-electron chi connectivity index (χ2n) is 3.88. The number of rotatable bonds is 6. The molecule has 0 radical (unpaired) electrons. The maximum absolute atomic E-state index is 11.6. The molecule has 1 aromatic carbocycles. The molecule has 0 bridgehead atoms. The maximum Gasteiger partial charge on any atom is 0.306 e. The van der Waals surface area contributed by atoms with Crippen LogP contribution < -0.4 is 5.32 Å². The zero-order valence-electron chi connectivity index (χ0n) is 10.7. The first kappa shape index (κ1) is 18.1. The van der Waals surface area contributed by atoms with Gasteiger partial charge in [0.15, 0.2) is 0 Å². The average Bonchev–Trinajstić information content (AvgIpc) is 2.44. The number of carbonyl (C=O) groups excluding carboxylic acids is 2. The average molecular weight is 371 g/mol. The van der Waals surface area contributed by atoms with Crippen molar-refractivity contribution >= 4 is 64.0 Å². The highest BCUT2D eigenvalue weighted by molar-refractivity contribution is 6.59. The fourth-order valence-electron chi connectivity index (χ4n) is 1.24. The number of ether oxygens (including phenoxy) is 1. The van der Waals surface area contributed by atoms with Gasteiger partial charge in [-0.25, -0.2) is 0 Å². The zero-order valence-corrected chi connectivity index (χ0v) is 13.7. The Balaban J connectivity index is 2.31. The van der Waals surface area contributed by atoms with Crippen molar-refractivity contribution in [3.8, 4) is 0 Å². The molecule has 0 aliphatic rings. The molecule has 1 amide bonds. The lowest BCUT2D eigenvalue weighted by Crippen LogP contribution is -2.15. The Morgan fingerprint density at radius 3 is 2.24 bits per heavy atom. The molecule has 0 fully saturated rings. The first-order chi connectivity index (χ1) is 9.88. The van der Waals surface area contributed by atoms with Gasteiger partial charge < -0.3 is 10.1 Å². The summed E-state index contributed by atoms with van der Waals surface area (Å²) in [4.78, 5) is 23.0. The fraction of sp³-hybridized carbons (Fsp3) is 0.231. The molecule has 114 valence electrons. The Bertz CT molecular complexity index is 539. The number of hydrogen-bond donors (Lipinski definition) is 1. The molecule has 8 heteroatoms. The van der Waals surface area contributed by atoms with Gasteiger partial charge in [0.2, 0.25) is 5.91 Å². The van der Waals surface area contributed by atoms with E-state index in [4.69, 9.17) is 51.1 Å². The molecule has 0 spiro atoms. The van der Waals surface area contributed by atoms with E-state index in [2.05, 4.69) is 5.32 Å². The predicted molar refractivity (Wildman–Crippen MR) is 84.9 cm³/mol. The number of carbonyl (C=O) groups is 2. The van der Waals surface area contributed by atoms with Crippen LogP contribution in [0.5, 0.6) is 0 Å². The minimum absolute atomic E-state index is 0.0165. The van der Waals surface area contributed by atoms with Crippen LogP contribution in [0.25, 0.3) is 0 Å². The molecule has 0 unspecified atom stereocenters. The van der Waals surface area contributed by atoms with E-state index in [1.165, 1.54) is 0 Å². The summed E-state index contributed by atoms with van der Waals surface area (Å²) < 4.78 is 4.62. The molecule has 0 saturated heterocycles. The van der Waals surface area contributed by atoms with Crippen LogP contribution in [0.15, 0.2) is 33.8 Å². The second-order valence-corrected chi connectivity index (χ2v) is 5.72. The molecule has 0 saturated carbocycles. The Hall–Kier alpha value is -0.940. The van der Waals surface area contributed by atoms with Crippen molar-refractivity contribution in [2.24, 2.45) is 0 Å². The molecule has 21 heavy (non-hydrogen) atoms. The van der Waals surface area contributed by atoms with Crippen LogP contribution in [0.2, 0.25) is 5.02 Å². The number of esters is 1. The molecule has 1 N–H and O–H groups in total. The number of benzene rings is 1. The van der Waals surface area contributed by atoms with Gasteiger partial charge in [0.05, 0.1) is 11.5 Å². The Morgan fingerprint density at radius 2 is 1.67 bits per heavy atom. The number of anilines is 1. The Kier molecular flexibility index (Phi) is 7.89. The molecular formula is C13H11Cl4NO3. The third-order valence-corrected chi connectivity index (χ3v) is 3.45. The van der Waals surface area contributed by atoms with E-state index in [1.807, 2.05) is 0 Å². The van der Waals surface area contributed by atoms with Crippen molar-refractivity contribution in [2.45, 2.75) is 12.8 Å². The van der Waals surface area contributed by atoms with Crippen molar-refractivity contribution < 1.29 is 14.3 Å². The molecule has 0 aromatic heterocycles. The van der Waals surface area contributed by atoms with Crippen molar-refractivity contribution in [2.75, 3.05) is 11.9 Å². The number of nitrogens with one attached hydrogen (secondary N) is 1. The van der Waals surface area contributed by atoms with Gasteiger partial charge in [-0.3, -0.25) is 9.59 Å². The van der Waals surface area contributed by atoms with Gasteiger partial charge in [0, 0.05) is 17.1 Å². The minimum Gasteiger partial charge on any atom is -0.460 e. The minimum atomic E-state index is -0.575. The zero-order chi connectivity index (χ0) is 15.8. The highest BCUT2D eigenvalue weighted by Crippen LogP contribution is 2.18. The summed E-state index contributed by atoms with van der Waals surface area (Å²) in [5.41, 5.74) is 0.595. The van der Waals surface area contributed by atoms with Crippen LogP contribution in [0.4, 0.5) is 5.69 Å². The molecule has 1 rings (SSSR count). The van der Waals surface area contributed by atoms with Gasteiger partial charge in [-0.15, -0.1) is 0 Å². The predicted octanol–water partition coefficient (Wildman–Crippen LogP) is 4.49. The normalized spacial score (nSPS) is 9.90. The van der Waals surface area contributed by atoms with Gasteiger partial charge in [-0.1, -0.05) is 46.4 Å². The number of amides is 1. The molecule has 1 aromatic rings. The van der Waals surface area contributed by atoms with E-state index < -0.39 is 5.97 Å². The highest BCUT2D eigenvalue weighted by Gasteiger charge is 2.10. The van der Waals surface area contributed by atoms with Gasteiger partial charge >= 0.3 is 5.97 Å². The van der Waals surface area contributed by atoms with E-state index in [9.17, 15) is 9.59 Å².